The largest absolute Gasteiger partial charge is 0.477 e. The summed E-state index contributed by atoms with van der Waals surface area (Å²) < 4.78 is 96.9. The van der Waals surface area contributed by atoms with E-state index < -0.39 is 92.6 Å². The number of halogens is 4. The maximum absolute atomic E-state index is 14.8. The molecule has 0 saturated carbocycles. The van der Waals surface area contributed by atoms with E-state index in [1.165, 1.54) is 5.38 Å². The Morgan fingerprint density at radius 2 is 1.59 bits per heavy atom. The number of anilines is 1. The summed E-state index contributed by atoms with van der Waals surface area (Å²) in [6.07, 6.45) is 0. The number of carboxylic acids is 1. The number of carbonyl (C=O) groups excluding carboxylic acids is 1. The van der Waals surface area contributed by atoms with Crippen LogP contribution >= 0.6 is 11.3 Å². The van der Waals surface area contributed by atoms with Gasteiger partial charge in [0.2, 0.25) is 0 Å². The predicted molar refractivity (Wildman–Crippen MR) is 90.9 cm³/mol. The number of nitrogens with one attached hydrogen (secondary N) is 1. The number of amides is 1. The van der Waals surface area contributed by atoms with E-state index in [2.05, 4.69) is 0 Å². The van der Waals surface area contributed by atoms with Crippen LogP contribution in [-0.4, -0.2) is 17.0 Å². The van der Waals surface area contributed by atoms with Gasteiger partial charge in [-0.25, -0.2) is 22.4 Å². The molecule has 138 valence electrons. The molecule has 0 saturated heterocycles. The van der Waals surface area contributed by atoms with Gasteiger partial charge in [-0.2, -0.15) is 0 Å². The Morgan fingerprint density at radius 3 is 2.15 bits per heavy atom. The molecule has 0 aliphatic carbocycles. The van der Waals surface area contributed by atoms with E-state index in [9.17, 15) is 27.2 Å². The minimum Gasteiger partial charge on any atom is -0.477 e. The summed E-state index contributed by atoms with van der Waals surface area (Å²) >= 11 is 0.629. The third-order valence-corrected chi connectivity index (χ3v) is 4.26. The number of carboxylic acid groups (broad SMARTS) is 1. The number of thiophene rings is 1. The molecule has 0 spiro atoms. The molecule has 1 aromatic heterocycles. The monoisotopic (exact) mass is 400 g/mol. The molecule has 3 aromatic rings. The summed E-state index contributed by atoms with van der Waals surface area (Å²) in [5, 5.41) is 11.8. The Morgan fingerprint density at radius 1 is 1.00 bits per heavy atom. The second-order valence-electron chi connectivity index (χ2n) is 4.93. The van der Waals surface area contributed by atoms with Crippen LogP contribution in [-0.2, 0) is 0 Å². The number of hydrogen-bond donors (Lipinski definition) is 2. The van der Waals surface area contributed by atoms with Crippen molar-refractivity contribution >= 4 is 28.9 Å². The van der Waals surface area contributed by atoms with E-state index in [4.69, 9.17) is 12.0 Å². The molecular weight excluding hydrogens is 386 g/mol. The zero-order chi connectivity index (χ0) is 24.1. The van der Waals surface area contributed by atoms with Gasteiger partial charge in [0.25, 0.3) is 5.91 Å². The van der Waals surface area contributed by atoms with Crippen LogP contribution in [0.4, 0.5) is 23.2 Å². The molecule has 0 unspecified atom stereocenters. The topological polar surface area (TPSA) is 66.4 Å². The first-order valence-corrected chi connectivity index (χ1v) is 7.83. The fourth-order valence-electron chi connectivity index (χ4n) is 2.17. The molecule has 0 fully saturated rings. The average molecular weight is 400 g/mol. The third-order valence-electron chi connectivity index (χ3n) is 3.36. The standard InChI is InChI=1S/C18H9F4NO3S/c19-11-10(8-4-2-1-3-5-8)12(20)14(22)15(13(11)21)23-17(24)9-6-7-27-16(9)18(25)26/h1-7H,(H,23,24)(H,25,26)/i1D,2D,3D,4D,5D. The number of aromatic carboxylic acids is 1. The van der Waals surface area contributed by atoms with Gasteiger partial charge in [0.1, 0.15) is 10.6 Å². The van der Waals surface area contributed by atoms with E-state index in [1.54, 1.807) is 5.32 Å². The Balaban J connectivity index is 2.20. The fourth-order valence-corrected chi connectivity index (χ4v) is 2.90. The van der Waals surface area contributed by atoms with Crippen molar-refractivity contribution in [2.75, 3.05) is 5.32 Å². The van der Waals surface area contributed by atoms with Crippen LogP contribution in [0.2, 0.25) is 0 Å². The molecule has 2 N–H and O–H groups in total. The minimum atomic E-state index is -2.12. The molecular formula is C18H9F4NO3S. The van der Waals surface area contributed by atoms with Gasteiger partial charge in [0.05, 0.1) is 18.0 Å². The molecule has 0 aliphatic rings. The van der Waals surface area contributed by atoms with E-state index in [-0.39, 0.29) is 0 Å². The van der Waals surface area contributed by atoms with Gasteiger partial charge < -0.3 is 10.4 Å². The molecule has 0 radical (unpaired) electrons. The molecule has 3 rings (SSSR count). The van der Waals surface area contributed by atoms with Crippen molar-refractivity contribution < 1.29 is 39.1 Å². The molecule has 0 atom stereocenters. The SMILES string of the molecule is [2H]c1c([2H])c([2H])c(-c2c(F)c(F)c(NC(=O)c3ccsc3C(=O)O)c(F)c2F)c([2H])c1[2H]. The highest BCUT2D eigenvalue weighted by molar-refractivity contribution is 7.12. The zero-order valence-electron chi connectivity index (χ0n) is 17.8. The molecule has 4 nitrogen and oxygen atoms in total. The van der Waals surface area contributed by atoms with Crippen LogP contribution < -0.4 is 5.32 Å². The molecule has 27 heavy (non-hydrogen) atoms. The Labute approximate surface area is 160 Å². The van der Waals surface area contributed by atoms with E-state index in [0.29, 0.717) is 11.3 Å². The van der Waals surface area contributed by atoms with Crippen LogP contribution in [0.1, 0.15) is 26.9 Å². The summed E-state index contributed by atoms with van der Waals surface area (Å²) in [6.45, 7) is 0. The van der Waals surface area contributed by atoms with Gasteiger partial charge in [0.15, 0.2) is 23.3 Å². The Kier molecular flexibility index (Phi) is 3.48. The normalized spacial score (nSPS) is 13.3. The van der Waals surface area contributed by atoms with Crippen molar-refractivity contribution in [3.63, 3.8) is 0 Å². The lowest BCUT2D eigenvalue weighted by molar-refractivity contribution is 0.0698. The van der Waals surface area contributed by atoms with Gasteiger partial charge in [-0.1, -0.05) is 30.2 Å². The van der Waals surface area contributed by atoms with Crippen molar-refractivity contribution in [2.45, 2.75) is 0 Å². The maximum Gasteiger partial charge on any atom is 0.346 e. The number of rotatable bonds is 4. The quantitative estimate of drug-likeness (QED) is 0.483. The molecule has 1 amide bonds. The van der Waals surface area contributed by atoms with Crippen molar-refractivity contribution in [3.8, 4) is 11.1 Å². The smallest absolute Gasteiger partial charge is 0.346 e. The maximum atomic E-state index is 14.8. The number of benzene rings is 2. The van der Waals surface area contributed by atoms with E-state index in [1.807, 2.05) is 0 Å². The first-order valence-electron chi connectivity index (χ1n) is 9.45. The first-order chi connectivity index (χ1) is 14.9. The summed E-state index contributed by atoms with van der Waals surface area (Å²) in [5.41, 5.74) is -4.77. The average Bonchev–Trinajstić information content (AvgIpc) is 3.25. The fraction of sp³-hybridized carbons (Fsp3) is 0. The third kappa shape index (κ3) is 3.28. The van der Waals surface area contributed by atoms with Crippen LogP contribution in [0.15, 0.2) is 41.7 Å². The van der Waals surface area contributed by atoms with Gasteiger partial charge in [0, 0.05) is 0 Å². The van der Waals surface area contributed by atoms with Crippen molar-refractivity contribution in [1.29, 1.82) is 0 Å². The summed E-state index contributed by atoms with van der Waals surface area (Å²) in [7, 11) is 0. The van der Waals surface area contributed by atoms with Crippen LogP contribution in [0.25, 0.3) is 11.1 Å². The summed E-state index contributed by atoms with van der Waals surface area (Å²) in [6, 6.07) is -4.05. The molecule has 0 bridgehead atoms. The minimum absolute atomic E-state index is 0.486. The lowest BCUT2D eigenvalue weighted by atomic mass is 10.0. The highest BCUT2D eigenvalue weighted by Crippen LogP contribution is 2.34. The van der Waals surface area contributed by atoms with E-state index in [0.717, 1.165) is 6.07 Å². The number of carbonyl (C=O) groups is 2. The summed E-state index contributed by atoms with van der Waals surface area (Å²) in [5.74, 6) is -11.4. The van der Waals surface area contributed by atoms with Crippen LogP contribution in [0.5, 0.6) is 0 Å². The highest BCUT2D eigenvalue weighted by atomic mass is 32.1. The molecule has 1 heterocycles. The van der Waals surface area contributed by atoms with Crippen LogP contribution in [0.3, 0.4) is 0 Å². The van der Waals surface area contributed by atoms with Gasteiger partial charge in [-0.05, 0) is 17.0 Å². The molecule has 2 aromatic carbocycles. The zero-order valence-corrected chi connectivity index (χ0v) is 13.7. The Hall–Kier alpha value is -3.20. The molecule has 9 heteroatoms. The summed E-state index contributed by atoms with van der Waals surface area (Å²) in [4.78, 5) is 22.9. The number of hydrogen-bond acceptors (Lipinski definition) is 3. The van der Waals surface area contributed by atoms with Crippen molar-refractivity contribution in [1.82, 2.24) is 0 Å². The van der Waals surface area contributed by atoms with Gasteiger partial charge >= 0.3 is 5.97 Å². The van der Waals surface area contributed by atoms with Gasteiger partial charge in [-0.15, -0.1) is 11.3 Å². The first kappa shape index (κ1) is 13.0. The second kappa shape index (κ2) is 7.20. The second-order valence-corrected chi connectivity index (χ2v) is 5.84. The van der Waals surface area contributed by atoms with Crippen LogP contribution in [0, 0.1) is 23.3 Å². The lowest BCUT2D eigenvalue weighted by Gasteiger charge is -2.13. The van der Waals surface area contributed by atoms with E-state index >= 15 is 0 Å². The highest BCUT2D eigenvalue weighted by Gasteiger charge is 2.28. The molecule has 0 aliphatic heterocycles. The van der Waals surface area contributed by atoms with Crippen molar-refractivity contribution in [2.24, 2.45) is 0 Å². The Bertz CT molecular complexity index is 1260. The van der Waals surface area contributed by atoms with Gasteiger partial charge in [-0.3, -0.25) is 4.79 Å². The van der Waals surface area contributed by atoms with Crippen molar-refractivity contribution in [3.05, 3.63) is 75.4 Å². The lowest BCUT2D eigenvalue weighted by Crippen LogP contribution is -2.18. The predicted octanol–water partition coefficient (Wildman–Crippen LogP) is 4.92.